The first-order valence-electron chi connectivity index (χ1n) is 8.07. The lowest BCUT2D eigenvalue weighted by Crippen LogP contribution is -2.35. The molecular weight excluding hydrogens is 274 g/mol. The number of rotatable bonds is 4. The van der Waals surface area contributed by atoms with Crippen LogP contribution < -0.4 is 5.32 Å². The third kappa shape index (κ3) is 3.96. The fourth-order valence-electron chi connectivity index (χ4n) is 3.61. The molecule has 2 unspecified atom stereocenters. The van der Waals surface area contributed by atoms with E-state index in [0.717, 1.165) is 18.4 Å². The Morgan fingerprint density at radius 3 is 2.43 bits per heavy atom. The van der Waals surface area contributed by atoms with E-state index in [1.807, 2.05) is 11.3 Å². The lowest BCUT2D eigenvalue weighted by Gasteiger charge is -2.32. The van der Waals surface area contributed by atoms with Crippen molar-refractivity contribution in [2.75, 3.05) is 0 Å². The van der Waals surface area contributed by atoms with Gasteiger partial charge in [0.15, 0.2) is 0 Å². The Morgan fingerprint density at radius 1 is 1.00 bits per heavy atom. The third-order valence-corrected chi connectivity index (χ3v) is 5.44. The molecule has 1 saturated carbocycles. The molecule has 21 heavy (non-hydrogen) atoms. The van der Waals surface area contributed by atoms with Gasteiger partial charge in [-0.05, 0) is 53.7 Å². The van der Waals surface area contributed by atoms with Crippen LogP contribution in [0.4, 0.5) is 0 Å². The normalized spacial score (nSPS) is 25.9. The van der Waals surface area contributed by atoms with Crippen LogP contribution >= 0.6 is 11.3 Å². The van der Waals surface area contributed by atoms with E-state index in [-0.39, 0.29) is 0 Å². The Bertz CT molecular complexity index is 550. The number of hydrogen-bond acceptors (Lipinski definition) is 2. The van der Waals surface area contributed by atoms with E-state index in [2.05, 4.69) is 60.9 Å². The summed E-state index contributed by atoms with van der Waals surface area (Å²) in [6.07, 6.45) is 4.07. The van der Waals surface area contributed by atoms with Crippen LogP contribution in [0.15, 0.2) is 41.8 Å². The Kier molecular flexibility index (Phi) is 4.77. The van der Waals surface area contributed by atoms with Crippen LogP contribution in [0.2, 0.25) is 0 Å². The van der Waals surface area contributed by atoms with Crippen molar-refractivity contribution in [1.82, 2.24) is 5.32 Å². The molecule has 2 aromatic rings. The van der Waals surface area contributed by atoms with Gasteiger partial charge in [-0.25, -0.2) is 0 Å². The summed E-state index contributed by atoms with van der Waals surface area (Å²) in [6.45, 7) is 5.80. The molecule has 1 aromatic carbocycles. The molecule has 2 heteroatoms. The summed E-state index contributed by atoms with van der Waals surface area (Å²) >= 11 is 1.87. The van der Waals surface area contributed by atoms with Gasteiger partial charge < -0.3 is 5.32 Å². The lowest BCUT2D eigenvalue weighted by molar-refractivity contribution is 0.238. The van der Waals surface area contributed by atoms with E-state index in [9.17, 15) is 0 Å². The quantitative estimate of drug-likeness (QED) is 0.804. The molecule has 1 heterocycles. The second-order valence-electron chi connectivity index (χ2n) is 6.66. The molecule has 0 saturated heterocycles. The minimum absolute atomic E-state index is 0.700. The number of benzene rings is 1. The predicted octanol–water partition coefficient (Wildman–Crippen LogP) is 5.33. The first kappa shape index (κ1) is 14.8. The first-order valence-corrected chi connectivity index (χ1v) is 8.95. The highest BCUT2D eigenvalue weighted by Crippen LogP contribution is 2.29. The van der Waals surface area contributed by atoms with Gasteiger partial charge in [0.2, 0.25) is 0 Å². The highest BCUT2D eigenvalue weighted by Gasteiger charge is 2.23. The molecule has 1 aliphatic carbocycles. The van der Waals surface area contributed by atoms with E-state index in [4.69, 9.17) is 0 Å². The monoisotopic (exact) mass is 299 g/mol. The molecule has 3 rings (SSSR count). The zero-order valence-corrected chi connectivity index (χ0v) is 13.8. The van der Waals surface area contributed by atoms with E-state index in [1.54, 1.807) is 0 Å². The summed E-state index contributed by atoms with van der Waals surface area (Å²) in [5, 5.41) is 6.05. The smallest absolute Gasteiger partial charge is 0.0302 e. The maximum Gasteiger partial charge on any atom is 0.0302 e. The van der Waals surface area contributed by atoms with Crippen molar-refractivity contribution < 1.29 is 0 Å². The minimum atomic E-state index is 0.700. The van der Waals surface area contributed by atoms with Crippen molar-refractivity contribution in [3.05, 3.63) is 46.7 Å². The van der Waals surface area contributed by atoms with Crippen LogP contribution in [0.3, 0.4) is 0 Å². The van der Waals surface area contributed by atoms with Crippen molar-refractivity contribution in [2.45, 2.75) is 45.7 Å². The van der Waals surface area contributed by atoms with E-state index in [0.29, 0.717) is 6.04 Å². The van der Waals surface area contributed by atoms with Gasteiger partial charge in [-0.15, -0.1) is 11.3 Å². The summed E-state index contributed by atoms with van der Waals surface area (Å²) in [4.78, 5) is 1.44. The molecule has 0 spiro atoms. The summed E-state index contributed by atoms with van der Waals surface area (Å²) in [6, 6.07) is 13.7. The van der Waals surface area contributed by atoms with Gasteiger partial charge in [0.25, 0.3) is 0 Å². The maximum atomic E-state index is 3.77. The zero-order valence-electron chi connectivity index (χ0n) is 13.0. The van der Waals surface area contributed by atoms with Crippen molar-refractivity contribution in [2.24, 2.45) is 11.8 Å². The van der Waals surface area contributed by atoms with Gasteiger partial charge in [-0.1, -0.05) is 44.2 Å². The molecule has 2 atom stereocenters. The Hall–Kier alpha value is -1.12. The molecular formula is C19H25NS. The SMILES string of the molecule is CC1CC(C)CC(NCc2cc(-c3ccccc3)cs2)C1. The third-order valence-electron chi connectivity index (χ3n) is 4.50. The number of hydrogen-bond donors (Lipinski definition) is 1. The molecule has 1 aliphatic rings. The van der Waals surface area contributed by atoms with Gasteiger partial charge in [0.1, 0.15) is 0 Å². The van der Waals surface area contributed by atoms with Crippen LogP contribution in [-0.4, -0.2) is 6.04 Å². The number of nitrogens with one attached hydrogen (secondary N) is 1. The van der Waals surface area contributed by atoms with Gasteiger partial charge in [-0.2, -0.15) is 0 Å². The minimum Gasteiger partial charge on any atom is -0.309 e. The van der Waals surface area contributed by atoms with Crippen LogP contribution in [0.5, 0.6) is 0 Å². The number of thiophene rings is 1. The van der Waals surface area contributed by atoms with Crippen molar-refractivity contribution in [3.63, 3.8) is 0 Å². The van der Waals surface area contributed by atoms with Gasteiger partial charge in [0.05, 0.1) is 0 Å². The second-order valence-corrected chi connectivity index (χ2v) is 7.66. The molecule has 1 aromatic heterocycles. The van der Waals surface area contributed by atoms with Gasteiger partial charge in [-0.3, -0.25) is 0 Å². The topological polar surface area (TPSA) is 12.0 Å². The molecule has 1 N–H and O–H groups in total. The average Bonchev–Trinajstić information content (AvgIpc) is 2.94. The standard InChI is InChI=1S/C19H25NS/c1-14-8-15(2)10-18(9-14)20-12-19-11-17(13-21-19)16-6-4-3-5-7-16/h3-7,11,13-15,18,20H,8-10,12H2,1-2H3. The average molecular weight is 299 g/mol. The Labute approximate surface area is 132 Å². The van der Waals surface area contributed by atoms with Gasteiger partial charge in [0, 0.05) is 17.5 Å². The molecule has 0 amide bonds. The first-order chi connectivity index (χ1) is 10.2. The highest BCUT2D eigenvalue weighted by molar-refractivity contribution is 7.10. The summed E-state index contributed by atoms with van der Waals surface area (Å²) in [5.41, 5.74) is 2.67. The Balaban J connectivity index is 1.58. The zero-order chi connectivity index (χ0) is 14.7. The predicted molar refractivity (Wildman–Crippen MR) is 92.6 cm³/mol. The molecule has 1 nitrogen and oxygen atoms in total. The molecule has 0 bridgehead atoms. The summed E-state index contributed by atoms with van der Waals surface area (Å²) in [5.74, 6) is 1.74. The van der Waals surface area contributed by atoms with Crippen LogP contribution in [-0.2, 0) is 6.54 Å². The lowest BCUT2D eigenvalue weighted by atomic mass is 9.80. The summed E-state index contributed by atoms with van der Waals surface area (Å²) in [7, 11) is 0. The molecule has 112 valence electrons. The van der Waals surface area contributed by atoms with Gasteiger partial charge >= 0.3 is 0 Å². The van der Waals surface area contributed by atoms with Crippen molar-refractivity contribution in [3.8, 4) is 11.1 Å². The van der Waals surface area contributed by atoms with E-state index in [1.165, 1.54) is 35.3 Å². The second kappa shape index (κ2) is 6.76. The summed E-state index contributed by atoms with van der Waals surface area (Å²) < 4.78 is 0. The van der Waals surface area contributed by atoms with Crippen molar-refractivity contribution >= 4 is 11.3 Å². The Morgan fingerprint density at radius 2 is 1.71 bits per heavy atom. The van der Waals surface area contributed by atoms with Crippen molar-refractivity contribution in [1.29, 1.82) is 0 Å². The highest BCUT2D eigenvalue weighted by atomic mass is 32.1. The fourth-order valence-corrected chi connectivity index (χ4v) is 4.46. The fraction of sp³-hybridized carbons (Fsp3) is 0.474. The van der Waals surface area contributed by atoms with Crippen LogP contribution in [0.25, 0.3) is 11.1 Å². The molecule has 1 fully saturated rings. The largest absolute Gasteiger partial charge is 0.309 e. The van der Waals surface area contributed by atoms with Crippen LogP contribution in [0.1, 0.15) is 38.0 Å². The van der Waals surface area contributed by atoms with E-state index < -0.39 is 0 Å². The molecule has 0 radical (unpaired) electrons. The maximum absolute atomic E-state index is 3.77. The van der Waals surface area contributed by atoms with E-state index >= 15 is 0 Å². The van der Waals surface area contributed by atoms with Crippen LogP contribution in [0, 0.1) is 11.8 Å². The molecule has 0 aliphatic heterocycles.